The van der Waals surface area contributed by atoms with Crippen molar-refractivity contribution in [2.75, 3.05) is 5.73 Å². The first-order chi connectivity index (χ1) is 8.49. The van der Waals surface area contributed by atoms with Crippen LogP contribution in [-0.2, 0) is 0 Å². The molecule has 18 heavy (non-hydrogen) atoms. The van der Waals surface area contributed by atoms with Crippen molar-refractivity contribution < 1.29 is 13.8 Å². The third-order valence-corrected chi connectivity index (χ3v) is 2.62. The number of nitrogens with two attached hydrogens (primary N) is 1. The van der Waals surface area contributed by atoms with E-state index in [4.69, 9.17) is 10.2 Å². The molecule has 0 saturated carbocycles. The van der Waals surface area contributed by atoms with E-state index in [2.05, 4.69) is 20.3 Å². The molecular formula is C11H14N4O3. The number of nitrogens with zero attached hydrogens (tertiary/aromatic N) is 2. The number of anilines is 1. The highest BCUT2D eigenvalue weighted by molar-refractivity contribution is 5.96. The monoisotopic (exact) mass is 250 g/mol. The van der Waals surface area contributed by atoms with Crippen molar-refractivity contribution >= 4 is 11.7 Å². The Bertz CT molecular complexity index is 573. The molecule has 0 fully saturated rings. The quantitative estimate of drug-likeness (QED) is 0.851. The molecule has 0 radical (unpaired) electrons. The molecule has 3 N–H and O–H groups in total. The average Bonchev–Trinajstić information content (AvgIpc) is 2.84. The fraction of sp³-hybridized carbons (Fsp3) is 0.364. The molecule has 96 valence electrons. The third kappa shape index (κ3) is 2.20. The fourth-order valence-electron chi connectivity index (χ4n) is 1.78. The van der Waals surface area contributed by atoms with Gasteiger partial charge in [0.2, 0.25) is 11.5 Å². The maximum atomic E-state index is 11.8. The van der Waals surface area contributed by atoms with Crippen molar-refractivity contribution in [1.29, 1.82) is 0 Å². The largest absolute Gasteiger partial charge is 0.466 e. The molecule has 0 aliphatic heterocycles. The molecule has 0 aliphatic carbocycles. The number of nitrogen functional groups attached to an aromatic ring is 1. The van der Waals surface area contributed by atoms with Gasteiger partial charge < -0.3 is 15.5 Å². The Hall–Kier alpha value is -2.31. The Morgan fingerprint density at radius 1 is 1.44 bits per heavy atom. The van der Waals surface area contributed by atoms with E-state index in [-0.39, 0.29) is 17.6 Å². The van der Waals surface area contributed by atoms with E-state index in [1.165, 1.54) is 0 Å². The maximum Gasteiger partial charge on any atom is 0.277 e. The van der Waals surface area contributed by atoms with Gasteiger partial charge in [-0.1, -0.05) is 0 Å². The summed E-state index contributed by atoms with van der Waals surface area (Å²) < 4.78 is 9.79. The minimum absolute atomic E-state index is 0.0141. The number of rotatable bonds is 3. The molecule has 1 atom stereocenters. The molecule has 0 aliphatic rings. The van der Waals surface area contributed by atoms with E-state index in [9.17, 15) is 4.79 Å². The zero-order valence-electron chi connectivity index (χ0n) is 10.4. The smallest absolute Gasteiger partial charge is 0.277 e. The number of hydrogen-bond acceptors (Lipinski definition) is 6. The van der Waals surface area contributed by atoms with Crippen LogP contribution in [0, 0.1) is 13.8 Å². The number of carbonyl (C=O) groups excluding carboxylic acids is 1. The third-order valence-electron chi connectivity index (χ3n) is 2.62. The van der Waals surface area contributed by atoms with Crippen molar-refractivity contribution in [2.45, 2.75) is 26.8 Å². The molecule has 2 rings (SSSR count). The zero-order valence-corrected chi connectivity index (χ0v) is 10.4. The van der Waals surface area contributed by atoms with Crippen LogP contribution in [0.2, 0.25) is 0 Å². The minimum Gasteiger partial charge on any atom is -0.466 e. The van der Waals surface area contributed by atoms with Crippen LogP contribution < -0.4 is 11.1 Å². The first-order valence-electron chi connectivity index (χ1n) is 5.45. The second-order valence-corrected chi connectivity index (χ2v) is 4.06. The van der Waals surface area contributed by atoms with Gasteiger partial charge in [-0.05, 0) is 37.2 Å². The fourth-order valence-corrected chi connectivity index (χ4v) is 1.78. The van der Waals surface area contributed by atoms with Crippen LogP contribution in [0.4, 0.5) is 5.82 Å². The van der Waals surface area contributed by atoms with Gasteiger partial charge in [0.1, 0.15) is 11.5 Å². The molecule has 0 saturated heterocycles. The Morgan fingerprint density at radius 3 is 2.67 bits per heavy atom. The molecule has 1 unspecified atom stereocenters. The highest BCUT2D eigenvalue weighted by Crippen LogP contribution is 2.21. The van der Waals surface area contributed by atoms with E-state index in [1.54, 1.807) is 0 Å². The number of aryl methyl sites for hydroxylation is 2. The van der Waals surface area contributed by atoms with E-state index in [0.29, 0.717) is 0 Å². The van der Waals surface area contributed by atoms with Crippen molar-refractivity contribution in [1.82, 2.24) is 15.6 Å². The minimum atomic E-state index is -0.431. The standard InChI is InChI=1S/C11H14N4O3/c1-5-4-8(7(3)17-5)6(2)13-11(16)9-10(12)15-18-14-9/h4,6H,1-3H3,(H2,12,15)(H,13,16). The summed E-state index contributed by atoms with van der Waals surface area (Å²) in [5.74, 6) is 1.11. The normalized spacial score (nSPS) is 12.4. The summed E-state index contributed by atoms with van der Waals surface area (Å²) in [7, 11) is 0. The van der Waals surface area contributed by atoms with Crippen molar-refractivity contribution in [2.24, 2.45) is 0 Å². The summed E-state index contributed by atoms with van der Waals surface area (Å²) in [5, 5.41) is 9.55. The lowest BCUT2D eigenvalue weighted by Gasteiger charge is -2.11. The van der Waals surface area contributed by atoms with Gasteiger partial charge in [0.15, 0.2) is 0 Å². The predicted octanol–water partition coefficient (Wildman–Crippen LogP) is 1.35. The van der Waals surface area contributed by atoms with Crippen LogP contribution in [0.1, 0.15) is 40.5 Å². The van der Waals surface area contributed by atoms with Gasteiger partial charge in [-0.15, -0.1) is 0 Å². The summed E-state index contributed by atoms with van der Waals surface area (Å²) in [6, 6.07) is 1.66. The summed E-state index contributed by atoms with van der Waals surface area (Å²) in [4.78, 5) is 11.8. The van der Waals surface area contributed by atoms with Gasteiger partial charge >= 0.3 is 0 Å². The summed E-state index contributed by atoms with van der Waals surface area (Å²) in [5.41, 5.74) is 6.34. The SMILES string of the molecule is Cc1cc(C(C)NC(=O)c2nonc2N)c(C)o1. The number of nitrogens with one attached hydrogen (secondary N) is 1. The van der Waals surface area contributed by atoms with Crippen molar-refractivity contribution in [3.63, 3.8) is 0 Å². The molecule has 2 aromatic heterocycles. The Labute approximate surface area is 103 Å². The van der Waals surface area contributed by atoms with Gasteiger partial charge in [0, 0.05) is 5.56 Å². The van der Waals surface area contributed by atoms with Crippen LogP contribution in [0.25, 0.3) is 0 Å². The highest BCUT2D eigenvalue weighted by atomic mass is 16.6. The Kier molecular flexibility index (Phi) is 3.05. The van der Waals surface area contributed by atoms with E-state index >= 15 is 0 Å². The van der Waals surface area contributed by atoms with Crippen molar-refractivity contribution in [3.8, 4) is 0 Å². The number of hydrogen-bond donors (Lipinski definition) is 2. The topological polar surface area (TPSA) is 107 Å². The van der Waals surface area contributed by atoms with Gasteiger partial charge in [0.25, 0.3) is 5.91 Å². The molecule has 0 bridgehead atoms. The maximum absolute atomic E-state index is 11.8. The summed E-state index contributed by atoms with van der Waals surface area (Å²) >= 11 is 0. The van der Waals surface area contributed by atoms with Gasteiger partial charge in [-0.3, -0.25) is 4.79 Å². The molecule has 2 aromatic rings. The number of aromatic nitrogens is 2. The molecule has 0 aromatic carbocycles. The lowest BCUT2D eigenvalue weighted by atomic mass is 10.1. The van der Waals surface area contributed by atoms with E-state index < -0.39 is 5.91 Å². The second-order valence-electron chi connectivity index (χ2n) is 4.06. The van der Waals surface area contributed by atoms with Crippen LogP contribution >= 0.6 is 0 Å². The van der Waals surface area contributed by atoms with E-state index in [0.717, 1.165) is 17.1 Å². The lowest BCUT2D eigenvalue weighted by Crippen LogP contribution is -2.27. The summed E-state index contributed by atoms with van der Waals surface area (Å²) in [6.07, 6.45) is 0. The number of furan rings is 1. The highest BCUT2D eigenvalue weighted by Gasteiger charge is 2.20. The zero-order chi connectivity index (χ0) is 13.3. The van der Waals surface area contributed by atoms with Gasteiger partial charge in [-0.2, -0.15) is 0 Å². The number of carbonyl (C=O) groups is 1. The Balaban J connectivity index is 2.13. The molecular weight excluding hydrogens is 236 g/mol. The van der Waals surface area contributed by atoms with Crippen LogP contribution in [-0.4, -0.2) is 16.2 Å². The van der Waals surface area contributed by atoms with Crippen molar-refractivity contribution in [3.05, 3.63) is 28.8 Å². The average molecular weight is 250 g/mol. The summed E-state index contributed by atoms with van der Waals surface area (Å²) in [6.45, 7) is 5.54. The molecule has 1 amide bonds. The van der Waals surface area contributed by atoms with E-state index in [1.807, 2.05) is 26.8 Å². The van der Waals surface area contributed by atoms with Crippen LogP contribution in [0.5, 0.6) is 0 Å². The lowest BCUT2D eigenvalue weighted by molar-refractivity contribution is 0.0930. The van der Waals surface area contributed by atoms with Gasteiger partial charge in [0.05, 0.1) is 6.04 Å². The Morgan fingerprint density at radius 2 is 2.17 bits per heavy atom. The molecule has 2 heterocycles. The molecule has 7 nitrogen and oxygen atoms in total. The van der Waals surface area contributed by atoms with Crippen LogP contribution in [0.3, 0.4) is 0 Å². The first kappa shape index (κ1) is 12.2. The van der Waals surface area contributed by atoms with Gasteiger partial charge in [-0.25, -0.2) is 4.63 Å². The second kappa shape index (κ2) is 4.52. The predicted molar refractivity (Wildman–Crippen MR) is 62.8 cm³/mol. The molecule has 7 heteroatoms. The van der Waals surface area contributed by atoms with Crippen LogP contribution in [0.15, 0.2) is 15.1 Å². The molecule has 0 spiro atoms. The number of amides is 1. The first-order valence-corrected chi connectivity index (χ1v) is 5.45.